The number of nitrogens with one attached hydrogen (secondary N) is 2. The molecule has 1 unspecified atom stereocenters. The molecular formula is C25H30N2O5. The van der Waals surface area contributed by atoms with E-state index in [1.165, 1.54) is 0 Å². The lowest BCUT2D eigenvalue weighted by Gasteiger charge is -2.20. The first-order valence-corrected chi connectivity index (χ1v) is 11.0. The number of ether oxygens (including phenoxy) is 1. The minimum absolute atomic E-state index is 0.0280. The zero-order valence-corrected chi connectivity index (χ0v) is 18.5. The third kappa shape index (κ3) is 5.66. The zero-order valence-electron chi connectivity index (χ0n) is 18.5. The smallest absolute Gasteiger partial charge is 0.407 e. The predicted molar refractivity (Wildman–Crippen MR) is 121 cm³/mol. The second kappa shape index (κ2) is 10.8. The first-order valence-electron chi connectivity index (χ1n) is 11.0. The number of amides is 2. The summed E-state index contributed by atoms with van der Waals surface area (Å²) < 4.78 is 5.52. The quantitative estimate of drug-likeness (QED) is 0.521. The molecule has 3 N–H and O–H groups in total. The lowest BCUT2D eigenvalue weighted by atomic mass is 9.98. The Kier molecular flexibility index (Phi) is 7.87. The van der Waals surface area contributed by atoms with E-state index in [1.54, 1.807) is 6.92 Å². The maximum Gasteiger partial charge on any atom is 0.407 e. The van der Waals surface area contributed by atoms with Crippen molar-refractivity contribution in [2.24, 2.45) is 5.92 Å². The van der Waals surface area contributed by atoms with Crippen LogP contribution < -0.4 is 10.6 Å². The molecule has 7 heteroatoms. The highest BCUT2D eigenvalue weighted by atomic mass is 16.5. The topological polar surface area (TPSA) is 105 Å². The molecule has 0 aromatic heterocycles. The van der Waals surface area contributed by atoms with Crippen molar-refractivity contribution in [3.05, 3.63) is 59.7 Å². The molecule has 0 spiro atoms. The fraction of sp³-hybridized carbons (Fsp3) is 0.400. The molecule has 2 aromatic carbocycles. The Morgan fingerprint density at radius 2 is 1.62 bits per heavy atom. The van der Waals surface area contributed by atoms with Crippen molar-refractivity contribution in [3.63, 3.8) is 0 Å². The summed E-state index contributed by atoms with van der Waals surface area (Å²) in [5, 5.41) is 14.3. The van der Waals surface area contributed by atoms with Crippen LogP contribution in [0.15, 0.2) is 48.5 Å². The first kappa shape index (κ1) is 23.3. The minimum atomic E-state index is -0.971. The normalized spacial score (nSPS) is 14.1. The van der Waals surface area contributed by atoms with Crippen LogP contribution in [-0.2, 0) is 14.3 Å². The fourth-order valence-electron chi connectivity index (χ4n) is 4.20. The summed E-state index contributed by atoms with van der Waals surface area (Å²) in [6, 6.07) is 15.8. The number of aliphatic carboxylic acids is 1. The standard InChI is InChI=1S/C25H30N2O5/c1-3-8-17(24(30)27-16(2)13-23(28)29)14-26-25(31)32-15-22-20-11-6-4-9-18(20)19-10-5-7-12-21(19)22/h4-7,9-12,16-17,22H,3,8,13-15H2,1-2H3,(H,26,31)(H,27,30)(H,28,29)/t16-,17?/m0/s1. The average molecular weight is 439 g/mol. The highest BCUT2D eigenvalue weighted by molar-refractivity contribution is 5.81. The second-order valence-electron chi connectivity index (χ2n) is 8.20. The molecule has 0 radical (unpaired) electrons. The van der Waals surface area contributed by atoms with Gasteiger partial charge in [-0.15, -0.1) is 0 Å². The molecule has 0 fully saturated rings. The molecule has 1 aliphatic carbocycles. The first-order chi connectivity index (χ1) is 15.4. The summed E-state index contributed by atoms with van der Waals surface area (Å²) in [5.41, 5.74) is 4.59. The van der Waals surface area contributed by atoms with Gasteiger partial charge in [0.25, 0.3) is 0 Å². The minimum Gasteiger partial charge on any atom is -0.481 e. The molecule has 0 bridgehead atoms. The number of carbonyl (C=O) groups is 3. The molecule has 1 aliphatic rings. The molecule has 0 heterocycles. The average Bonchev–Trinajstić information content (AvgIpc) is 3.08. The molecule has 2 atom stereocenters. The van der Waals surface area contributed by atoms with Crippen molar-refractivity contribution < 1.29 is 24.2 Å². The molecule has 7 nitrogen and oxygen atoms in total. The Morgan fingerprint density at radius 3 is 2.19 bits per heavy atom. The van der Waals surface area contributed by atoms with Gasteiger partial charge in [-0.05, 0) is 35.6 Å². The van der Waals surface area contributed by atoms with Crippen LogP contribution >= 0.6 is 0 Å². The van der Waals surface area contributed by atoms with Crippen molar-refractivity contribution >= 4 is 18.0 Å². The van der Waals surface area contributed by atoms with Gasteiger partial charge in [-0.1, -0.05) is 61.9 Å². The van der Waals surface area contributed by atoms with Gasteiger partial charge in [0.15, 0.2) is 0 Å². The van der Waals surface area contributed by atoms with Crippen LogP contribution in [0.1, 0.15) is 50.2 Å². The Morgan fingerprint density at radius 1 is 1.03 bits per heavy atom. The molecule has 3 rings (SSSR count). The maximum atomic E-state index is 12.5. The van der Waals surface area contributed by atoms with Gasteiger partial charge in [-0.3, -0.25) is 9.59 Å². The number of carboxylic acid groups (broad SMARTS) is 1. The van der Waals surface area contributed by atoms with Gasteiger partial charge >= 0.3 is 12.1 Å². The summed E-state index contributed by atoms with van der Waals surface area (Å²) in [5.74, 6) is -1.71. The van der Waals surface area contributed by atoms with Crippen molar-refractivity contribution in [1.29, 1.82) is 0 Å². The molecule has 2 aromatic rings. The van der Waals surface area contributed by atoms with Gasteiger partial charge in [0.1, 0.15) is 6.61 Å². The third-order valence-corrected chi connectivity index (χ3v) is 5.71. The fourth-order valence-corrected chi connectivity index (χ4v) is 4.20. The third-order valence-electron chi connectivity index (χ3n) is 5.71. The molecular weight excluding hydrogens is 408 g/mol. The van der Waals surface area contributed by atoms with Crippen LogP contribution in [0, 0.1) is 5.92 Å². The van der Waals surface area contributed by atoms with Crippen molar-refractivity contribution in [3.8, 4) is 11.1 Å². The van der Waals surface area contributed by atoms with Crippen molar-refractivity contribution in [1.82, 2.24) is 10.6 Å². The molecule has 0 aliphatic heterocycles. The van der Waals surface area contributed by atoms with Crippen LogP contribution in [0.5, 0.6) is 0 Å². The van der Waals surface area contributed by atoms with Crippen molar-refractivity contribution in [2.45, 2.75) is 45.1 Å². The largest absolute Gasteiger partial charge is 0.481 e. The number of hydrogen-bond acceptors (Lipinski definition) is 4. The molecule has 32 heavy (non-hydrogen) atoms. The van der Waals surface area contributed by atoms with E-state index < -0.39 is 24.0 Å². The summed E-state index contributed by atoms with van der Waals surface area (Å²) in [6.07, 6.45) is 0.622. The van der Waals surface area contributed by atoms with E-state index in [1.807, 2.05) is 31.2 Å². The summed E-state index contributed by atoms with van der Waals surface area (Å²) in [6.45, 7) is 3.94. The number of hydrogen-bond donors (Lipinski definition) is 3. The highest BCUT2D eigenvalue weighted by Gasteiger charge is 2.29. The van der Waals surface area contributed by atoms with Crippen LogP contribution in [0.2, 0.25) is 0 Å². The predicted octanol–water partition coefficient (Wildman–Crippen LogP) is 3.92. The van der Waals surface area contributed by atoms with E-state index >= 15 is 0 Å². The Hall–Kier alpha value is -3.35. The van der Waals surface area contributed by atoms with Crippen LogP contribution in [-0.4, -0.2) is 42.3 Å². The van der Waals surface area contributed by atoms with Gasteiger partial charge in [-0.2, -0.15) is 0 Å². The molecule has 170 valence electrons. The number of carboxylic acids is 1. The van der Waals surface area contributed by atoms with Gasteiger partial charge in [0, 0.05) is 18.5 Å². The Labute approximate surface area is 188 Å². The van der Waals surface area contributed by atoms with Gasteiger partial charge in [0.2, 0.25) is 5.91 Å². The van der Waals surface area contributed by atoms with Gasteiger partial charge in [0.05, 0.1) is 12.3 Å². The number of alkyl carbamates (subject to hydrolysis) is 1. The molecule has 2 amide bonds. The van der Waals surface area contributed by atoms with E-state index in [-0.39, 0.29) is 31.4 Å². The Balaban J connectivity index is 1.55. The van der Waals surface area contributed by atoms with Crippen molar-refractivity contribution in [2.75, 3.05) is 13.2 Å². The monoisotopic (exact) mass is 438 g/mol. The molecule has 0 saturated heterocycles. The number of benzene rings is 2. The maximum absolute atomic E-state index is 12.5. The van der Waals surface area contributed by atoms with Gasteiger partial charge < -0.3 is 20.5 Å². The van der Waals surface area contributed by atoms with Crippen LogP contribution in [0.25, 0.3) is 11.1 Å². The SMILES string of the molecule is CCCC(CNC(=O)OCC1c2ccccc2-c2ccccc21)C(=O)N[C@@H](C)CC(=O)O. The lowest BCUT2D eigenvalue weighted by Crippen LogP contribution is -2.43. The zero-order chi connectivity index (χ0) is 23.1. The number of fused-ring (bicyclic) bond motifs is 3. The Bertz CT molecular complexity index is 929. The second-order valence-corrected chi connectivity index (χ2v) is 8.20. The van der Waals surface area contributed by atoms with Gasteiger partial charge in [-0.25, -0.2) is 4.79 Å². The number of carbonyl (C=O) groups excluding carboxylic acids is 2. The van der Waals surface area contributed by atoms with E-state index in [4.69, 9.17) is 9.84 Å². The van der Waals surface area contributed by atoms with Crippen LogP contribution in [0.3, 0.4) is 0 Å². The van der Waals surface area contributed by atoms with Crippen LogP contribution in [0.4, 0.5) is 4.79 Å². The van der Waals surface area contributed by atoms with E-state index in [9.17, 15) is 14.4 Å². The van der Waals surface area contributed by atoms with E-state index in [0.29, 0.717) is 6.42 Å². The van der Waals surface area contributed by atoms with E-state index in [0.717, 1.165) is 28.7 Å². The summed E-state index contributed by atoms with van der Waals surface area (Å²) in [4.78, 5) is 35.7. The molecule has 0 saturated carbocycles. The van der Waals surface area contributed by atoms with E-state index in [2.05, 4.69) is 34.9 Å². The number of rotatable bonds is 10. The lowest BCUT2D eigenvalue weighted by molar-refractivity contribution is -0.137. The summed E-state index contributed by atoms with van der Waals surface area (Å²) in [7, 11) is 0. The summed E-state index contributed by atoms with van der Waals surface area (Å²) >= 11 is 0. The highest BCUT2D eigenvalue weighted by Crippen LogP contribution is 2.44.